The van der Waals surface area contributed by atoms with Crippen molar-refractivity contribution in [3.05, 3.63) is 0 Å². The first-order chi connectivity index (χ1) is 5.24. The average molecular weight is 177 g/mol. The molecule has 2 nitrogen and oxygen atoms in total. The molecule has 3 heteroatoms. The molecule has 68 valence electrons. The monoisotopic (exact) mass is 177 g/mol. The Labute approximate surface area is 72.4 Å². The lowest BCUT2D eigenvalue weighted by atomic mass is 10.5. The van der Waals surface area contributed by atoms with Crippen molar-refractivity contribution >= 4 is 10.8 Å². The average Bonchev–Trinajstić information content (AvgIpc) is 2.06. The highest BCUT2D eigenvalue weighted by Gasteiger charge is 2.00. The Morgan fingerprint density at radius 2 is 1.73 bits per heavy atom. The van der Waals surface area contributed by atoms with E-state index in [-0.39, 0.29) is 0 Å². The van der Waals surface area contributed by atoms with E-state index in [4.69, 9.17) is 0 Å². The predicted molar refractivity (Wildman–Crippen MR) is 51.3 cm³/mol. The van der Waals surface area contributed by atoms with Crippen molar-refractivity contribution < 1.29 is 4.21 Å². The molecule has 0 radical (unpaired) electrons. The molecule has 11 heavy (non-hydrogen) atoms. The van der Waals surface area contributed by atoms with E-state index in [1.54, 1.807) is 0 Å². The molecule has 0 bridgehead atoms. The standard InChI is InChI=1S/C8H19NOS/c1-4-9(5-2)7-8-11(10)6-3/h4-8H2,1-3H3. The second-order valence-electron chi connectivity index (χ2n) is 2.46. The molecule has 0 rings (SSSR count). The zero-order valence-electron chi connectivity index (χ0n) is 7.80. The molecule has 0 aromatic rings. The molecule has 0 fully saturated rings. The van der Waals surface area contributed by atoms with Crippen LogP contribution < -0.4 is 0 Å². The van der Waals surface area contributed by atoms with Crippen LogP contribution in [0.1, 0.15) is 20.8 Å². The van der Waals surface area contributed by atoms with Gasteiger partial charge in [-0.2, -0.15) is 0 Å². The van der Waals surface area contributed by atoms with Crippen LogP contribution in [-0.4, -0.2) is 40.2 Å². The van der Waals surface area contributed by atoms with E-state index in [1.165, 1.54) is 0 Å². The summed E-state index contributed by atoms with van der Waals surface area (Å²) in [5.41, 5.74) is 0. The van der Waals surface area contributed by atoms with Gasteiger partial charge >= 0.3 is 0 Å². The molecule has 0 heterocycles. The quantitative estimate of drug-likeness (QED) is 0.605. The lowest BCUT2D eigenvalue weighted by Gasteiger charge is -2.16. The van der Waals surface area contributed by atoms with Crippen LogP contribution in [0.15, 0.2) is 0 Å². The van der Waals surface area contributed by atoms with Crippen LogP contribution in [0, 0.1) is 0 Å². The van der Waals surface area contributed by atoms with Gasteiger partial charge in [-0.3, -0.25) is 4.21 Å². The minimum absolute atomic E-state index is 0.592. The van der Waals surface area contributed by atoms with Crippen molar-refractivity contribution in [2.45, 2.75) is 20.8 Å². The van der Waals surface area contributed by atoms with Crippen LogP contribution in [-0.2, 0) is 10.8 Å². The van der Waals surface area contributed by atoms with Crippen LogP contribution in [0.4, 0.5) is 0 Å². The Kier molecular flexibility index (Phi) is 6.87. The Hall–Kier alpha value is 0.110. The molecule has 0 aromatic carbocycles. The third kappa shape index (κ3) is 5.39. The van der Waals surface area contributed by atoms with Crippen LogP contribution >= 0.6 is 0 Å². The number of rotatable bonds is 6. The van der Waals surface area contributed by atoms with E-state index in [1.807, 2.05) is 6.92 Å². The van der Waals surface area contributed by atoms with E-state index in [9.17, 15) is 4.21 Å². The van der Waals surface area contributed by atoms with E-state index < -0.39 is 10.8 Å². The molecule has 0 spiro atoms. The SMILES string of the molecule is CCN(CC)CCS(=O)CC. The third-order valence-electron chi connectivity index (χ3n) is 1.85. The largest absolute Gasteiger partial charge is 0.303 e. The van der Waals surface area contributed by atoms with Gasteiger partial charge in [0, 0.05) is 28.9 Å². The van der Waals surface area contributed by atoms with E-state index >= 15 is 0 Å². The second-order valence-corrected chi connectivity index (χ2v) is 4.32. The molecule has 0 aromatic heterocycles. The first-order valence-corrected chi connectivity index (χ1v) is 5.80. The van der Waals surface area contributed by atoms with Crippen molar-refractivity contribution in [3.8, 4) is 0 Å². The van der Waals surface area contributed by atoms with Crippen LogP contribution in [0.25, 0.3) is 0 Å². The smallest absolute Gasteiger partial charge is 0.0362 e. The molecular weight excluding hydrogens is 158 g/mol. The summed E-state index contributed by atoms with van der Waals surface area (Å²) in [5, 5.41) is 0. The first kappa shape index (κ1) is 11.1. The summed E-state index contributed by atoms with van der Waals surface area (Å²) < 4.78 is 11.0. The Morgan fingerprint density at radius 3 is 2.09 bits per heavy atom. The lowest BCUT2D eigenvalue weighted by molar-refractivity contribution is 0.323. The second kappa shape index (κ2) is 6.80. The maximum atomic E-state index is 11.0. The normalized spacial score (nSPS) is 13.8. The highest BCUT2D eigenvalue weighted by molar-refractivity contribution is 7.84. The summed E-state index contributed by atoms with van der Waals surface area (Å²) in [6, 6.07) is 0. The van der Waals surface area contributed by atoms with Gasteiger partial charge in [0.1, 0.15) is 0 Å². The summed E-state index contributed by atoms with van der Waals surface area (Å²) in [5.74, 6) is 1.62. The van der Waals surface area contributed by atoms with Gasteiger partial charge in [-0.05, 0) is 13.1 Å². The zero-order valence-corrected chi connectivity index (χ0v) is 8.62. The molecule has 1 atom stereocenters. The summed E-state index contributed by atoms with van der Waals surface area (Å²) in [6.45, 7) is 9.36. The summed E-state index contributed by atoms with van der Waals surface area (Å²) in [4.78, 5) is 2.30. The fourth-order valence-corrected chi connectivity index (χ4v) is 1.67. The van der Waals surface area contributed by atoms with Crippen LogP contribution in [0.3, 0.4) is 0 Å². The third-order valence-corrected chi connectivity index (χ3v) is 3.13. The minimum atomic E-state index is -0.592. The molecule has 0 saturated heterocycles. The van der Waals surface area contributed by atoms with Crippen molar-refractivity contribution in [2.75, 3.05) is 31.1 Å². The number of hydrogen-bond acceptors (Lipinski definition) is 2. The van der Waals surface area contributed by atoms with Crippen LogP contribution in [0.2, 0.25) is 0 Å². The lowest BCUT2D eigenvalue weighted by Crippen LogP contribution is -2.27. The molecule has 0 amide bonds. The van der Waals surface area contributed by atoms with Gasteiger partial charge < -0.3 is 4.90 Å². The summed E-state index contributed by atoms with van der Waals surface area (Å²) >= 11 is 0. The van der Waals surface area contributed by atoms with Crippen LogP contribution in [0.5, 0.6) is 0 Å². The van der Waals surface area contributed by atoms with Gasteiger partial charge in [0.15, 0.2) is 0 Å². The van der Waals surface area contributed by atoms with Gasteiger partial charge in [-0.25, -0.2) is 0 Å². The summed E-state index contributed by atoms with van der Waals surface area (Å²) in [6.07, 6.45) is 0. The molecule has 0 aliphatic rings. The van der Waals surface area contributed by atoms with Gasteiger partial charge in [0.2, 0.25) is 0 Å². The molecule has 0 saturated carbocycles. The van der Waals surface area contributed by atoms with Crippen molar-refractivity contribution in [1.29, 1.82) is 0 Å². The Bertz CT molecular complexity index is 113. The number of hydrogen-bond donors (Lipinski definition) is 0. The number of nitrogens with zero attached hydrogens (tertiary/aromatic N) is 1. The molecule has 0 aliphatic carbocycles. The zero-order chi connectivity index (χ0) is 8.69. The van der Waals surface area contributed by atoms with Gasteiger partial charge in [0.05, 0.1) is 0 Å². The fraction of sp³-hybridized carbons (Fsp3) is 1.00. The van der Waals surface area contributed by atoms with Crippen molar-refractivity contribution in [1.82, 2.24) is 4.90 Å². The summed E-state index contributed by atoms with van der Waals surface area (Å²) in [7, 11) is -0.592. The van der Waals surface area contributed by atoms with E-state index in [2.05, 4.69) is 18.7 Å². The maximum absolute atomic E-state index is 11.0. The molecule has 0 N–H and O–H groups in total. The topological polar surface area (TPSA) is 20.3 Å². The maximum Gasteiger partial charge on any atom is 0.0362 e. The fourth-order valence-electron chi connectivity index (χ4n) is 0.915. The van der Waals surface area contributed by atoms with Gasteiger partial charge in [-0.1, -0.05) is 20.8 Å². The predicted octanol–water partition coefficient (Wildman–Crippen LogP) is 1.10. The van der Waals surface area contributed by atoms with E-state index in [0.29, 0.717) is 0 Å². The Balaban J connectivity index is 3.42. The molecule has 0 aliphatic heterocycles. The first-order valence-electron chi connectivity index (χ1n) is 4.31. The van der Waals surface area contributed by atoms with Gasteiger partial charge in [-0.15, -0.1) is 0 Å². The molecular formula is C8H19NOS. The van der Waals surface area contributed by atoms with E-state index in [0.717, 1.165) is 31.1 Å². The van der Waals surface area contributed by atoms with Crippen molar-refractivity contribution in [3.63, 3.8) is 0 Å². The molecule has 1 unspecified atom stereocenters. The Morgan fingerprint density at radius 1 is 1.18 bits per heavy atom. The van der Waals surface area contributed by atoms with Crippen molar-refractivity contribution in [2.24, 2.45) is 0 Å². The highest BCUT2D eigenvalue weighted by Crippen LogP contribution is 1.89. The van der Waals surface area contributed by atoms with Gasteiger partial charge in [0.25, 0.3) is 0 Å². The minimum Gasteiger partial charge on any atom is -0.303 e. The highest BCUT2D eigenvalue weighted by atomic mass is 32.2.